The molecule has 0 saturated carbocycles. The number of hydrogen-bond donors (Lipinski definition) is 3. The van der Waals surface area contributed by atoms with Gasteiger partial charge in [0.1, 0.15) is 5.69 Å². The van der Waals surface area contributed by atoms with Crippen LogP contribution in [-0.2, 0) is 14.3 Å². The molecule has 1 aliphatic rings. The minimum atomic E-state index is -1.14. The number of nitrogens with zero attached hydrogens (tertiary/aromatic N) is 1. The summed E-state index contributed by atoms with van der Waals surface area (Å²) < 4.78 is 10.3. The first-order chi connectivity index (χ1) is 8.16. The Morgan fingerprint density at radius 1 is 1.53 bits per heavy atom. The molecule has 1 aromatic heterocycles. The Morgan fingerprint density at radius 3 is 2.94 bits per heavy atom. The van der Waals surface area contributed by atoms with Crippen molar-refractivity contribution in [1.82, 2.24) is 10.2 Å². The number of H-pyrrole nitrogens is 1. The molecule has 1 aliphatic heterocycles. The SMILES string of the molecule is O=C(O)c1cc(NC(=O)C2COCCO2)n[nH]1. The standard InChI is InChI=1S/C9H11N3O5/c13-8(6-4-16-1-2-17-6)10-7-3-5(9(14)15)11-12-7/h3,6H,1-2,4H2,(H,14,15)(H2,10,11,12,13). The largest absolute Gasteiger partial charge is 0.477 e. The third-order valence-electron chi connectivity index (χ3n) is 2.17. The average Bonchev–Trinajstić information content (AvgIpc) is 2.79. The molecule has 0 spiro atoms. The number of anilines is 1. The van der Waals surface area contributed by atoms with Crippen LogP contribution < -0.4 is 5.32 Å². The minimum Gasteiger partial charge on any atom is -0.477 e. The summed E-state index contributed by atoms with van der Waals surface area (Å²) in [5.74, 6) is -1.41. The van der Waals surface area contributed by atoms with Crippen LogP contribution in [0.3, 0.4) is 0 Å². The molecular formula is C9H11N3O5. The van der Waals surface area contributed by atoms with E-state index in [1.807, 2.05) is 0 Å². The Morgan fingerprint density at radius 2 is 2.35 bits per heavy atom. The summed E-state index contributed by atoms with van der Waals surface area (Å²) in [6, 6.07) is 1.23. The summed E-state index contributed by atoms with van der Waals surface area (Å²) >= 11 is 0. The van der Waals surface area contributed by atoms with Crippen LogP contribution in [0.15, 0.2) is 6.07 Å². The molecule has 0 bridgehead atoms. The van der Waals surface area contributed by atoms with E-state index >= 15 is 0 Å². The van der Waals surface area contributed by atoms with Gasteiger partial charge in [-0.2, -0.15) is 5.10 Å². The highest BCUT2D eigenvalue weighted by atomic mass is 16.6. The van der Waals surface area contributed by atoms with Crippen LogP contribution in [0.4, 0.5) is 5.82 Å². The van der Waals surface area contributed by atoms with Crippen molar-refractivity contribution in [2.24, 2.45) is 0 Å². The van der Waals surface area contributed by atoms with Crippen molar-refractivity contribution in [3.63, 3.8) is 0 Å². The maximum Gasteiger partial charge on any atom is 0.353 e. The predicted molar refractivity (Wildman–Crippen MR) is 54.7 cm³/mol. The highest BCUT2D eigenvalue weighted by Gasteiger charge is 2.23. The molecule has 0 radical (unpaired) electrons. The number of carbonyl (C=O) groups excluding carboxylic acids is 1. The Labute approximate surface area is 95.9 Å². The van der Waals surface area contributed by atoms with E-state index in [9.17, 15) is 9.59 Å². The molecule has 1 fully saturated rings. The van der Waals surface area contributed by atoms with Crippen LogP contribution in [0.5, 0.6) is 0 Å². The zero-order valence-corrected chi connectivity index (χ0v) is 8.80. The number of aromatic carboxylic acids is 1. The molecule has 1 unspecified atom stereocenters. The third kappa shape index (κ3) is 2.80. The zero-order valence-electron chi connectivity index (χ0n) is 8.80. The van der Waals surface area contributed by atoms with Crippen molar-refractivity contribution in [2.45, 2.75) is 6.10 Å². The van der Waals surface area contributed by atoms with Gasteiger partial charge in [0.05, 0.1) is 19.8 Å². The lowest BCUT2D eigenvalue weighted by Gasteiger charge is -2.21. The van der Waals surface area contributed by atoms with Crippen molar-refractivity contribution in [3.05, 3.63) is 11.8 Å². The Balaban J connectivity index is 1.94. The molecule has 0 aliphatic carbocycles. The van der Waals surface area contributed by atoms with E-state index in [0.717, 1.165) is 0 Å². The topological polar surface area (TPSA) is 114 Å². The lowest BCUT2D eigenvalue weighted by Crippen LogP contribution is -2.39. The van der Waals surface area contributed by atoms with E-state index in [1.54, 1.807) is 0 Å². The van der Waals surface area contributed by atoms with Crippen LogP contribution in [0, 0.1) is 0 Å². The van der Waals surface area contributed by atoms with Gasteiger partial charge in [-0.05, 0) is 0 Å². The van der Waals surface area contributed by atoms with E-state index < -0.39 is 18.0 Å². The van der Waals surface area contributed by atoms with Gasteiger partial charge in [-0.25, -0.2) is 4.79 Å². The number of amides is 1. The number of hydrogen-bond acceptors (Lipinski definition) is 5. The van der Waals surface area contributed by atoms with Crippen LogP contribution in [0.1, 0.15) is 10.5 Å². The third-order valence-corrected chi connectivity index (χ3v) is 2.17. The number of ether oxygens (including phenoxy) is 2. The van der Waals surface area contributed by atoms with Gasteiger partial charge in [-0.15, -0.1) is 0 Å². The van der Waals surface area contributed by atoms with Crippen molar-refractivity contribution in [3.8, 4) is 0 Å². The van der Waals surface area contributed by atoms with Gasteiger partial charge >= 0.3 is 5.97 Å². The Hall–Kier alpha value is -1.93. The van der Waals surface area contributed by atoms with Crippen molar-refractivity contribution < 1.29 is 24.2 Å². The molecule has 2 rings (SSSR count). The number of aromatic amines is 1. The highest BCUT2D eigenvalue weighted by Crippen LogP contribution is 2.08. The van der Waals surface area contributed by atoms with E-state index in [4.69, 9.17) is 14.6 Å². The summed E-state index contributed by atoms with van der Waals surface area (Å²) in [5, 5.41) is 17.0. The molecule has 2 heterocycles. The smallest absolute Gasteiger partial charge is 0.353 e. The van der Waals surface area contributed by atoms with Crippen molar-refractivity contribution in [1.29, 1.82) is 0 Å². The first-order valence-electron chi connectivity index (χ1n) is 4.96. The summed E-state index contributed by atoms with van der Waals surface area (Å²) in [6.45, 7) is 1.01. The molecular weight excluding hydrogens is 230 g/mol. The van der Waals surface area contributed by atoms with Crippen LogP contribution in [0.25, 0.3) is 0 Å². The molecule has 1 saturated heterocycles. The Kier molecular flexibility index (Phi) is 3.35. The summed E-state index contributed by atoms with van der Waals surface area (Å²) in [6.07, 6.45) is -0.686. The fourth-order valence-electron chi connectivity index (χ4n) is 1.34. The lowest BCUT2D eigenvalue weighted by atomic mass is 10.3. The normalized spacial score (nSPS) is 19.9. The first kappa shape index (κ1) is 11.6. The summed E-state index contributed by atoms with van der Waals surface area (Å²) in [5.41, 5.74) is -0.0962. The number of nitrogens with one attached hydrogen (secondary N) is 2. The molecule has 8 heteroatoms. The number of aromatic nitrogens is 2. The number of carboxylic acid groups (broad SMARTS) is 1. The molecule has 1 amide bonds. The zero-order chi connectivity index (χ0) is 12.3. The van der Waals surface area contributed by atoms with Crippen LogP contribution in [-0.4, -0.2) is 53.1 Å². The minimum absolute atomic E-state index is 0.0962. The van der Waals surface area contributed by atoms with E-state index in [-0.39, 0.29) is 18.1 Å². The molecule has 1 aromatic rings. The second-order valence-corrected chi connectivity index (χ2v) is 3.40. The van der Waals surface area contributed by atoms with E-state index in [1.165, 1.54) is 6.07 Å². The maximum atomic E-state index is 11.6. The molecule has 1 atom stereocenters. The monoisotopic (exact) mass is 241 g/mol. The second-order valence-electron chi connectivity index (χ2n) is 3.40. The van der Waals surface area contributed by atoms with E-state index in [0.29, 0.717) is 13.2 Å². The lowest BCUT2D eigenvalue weighted by molar-refractivity contribution is -0.142. The fraction of sp³-hybridized carbons (Fsp3) is 0.444. The second kappa shape index (κ2) is 4.93. The van der Waals surface area contributed by atoms with Gasteiger partial charge in [0.25, 0.3) is 5.91 Å². The number of rotatable bonds is 3. The quantitative estimate of drug-likeness (QED) is 0.655. The average molecular weight is 241 g/mol. The van der Waals surface area contributed by atoms with Crippen molar-refractivity contribution >= 4 is 17.7 Å². The van der Waals surface area contributed by atoms with Gasteiger partial charge in [0, 0.05) is 6.07 Å². The van der Waals surface area contributed by atoms with E-state index in [2.05, 4.69) is 15.5 Å². The van der Waals surface area contributed by atoms with Gasteiger partial charge in [0.15, 0.2) is 11.9 Å². The van der Waals surface area contributed by atoms with Crippen LogP contribution >= 0.6 is 0 Å². The van der Waals surface area contributed by atoms with Gasteiger partial charge in [0.2, 0.25) is 0 Å². The van der Waals surface area contributed by atoms with Gasteiger partial charge in [-0.3, -0.25) is 9.89 Å². The van der Waals surface area contributed by atoms with Crippen molar-refractivity contribution in [2.75, 3.05) is 25.1 Å². The molecule has 8 nitrogen and oxygen atoms in total. The molecule has 3 N–H and O–H groups in total. The fourth-order valence-corrected chi connectivity index (χ4v) is 1.34. The summed E-state index contributed by atoms with van der Waals surface area (Å²) in [7, 11) is 0. The van der Waals surface area contributed by atoms with Gasteiger partial charge < -0.3 is 19.9 Å². The molecule has 17 heavy (non-hydrogen) atoms. The Bertz CT molecular complexity index is 424. The molecule has 0 aromatic carbocycles. The number of carbonyl (C=O) groups is 2. The van der Waals surface area contributed by atoms with Gasteiger partial charge in [-0.1, -0.05) is 0 Å². The predicted octanol–water partition coefficient (Wildman–Crippen LogP) is -0.538. The number of carboxylic acids is 1. The van der Waals surface area contributed by atoms with Crippen LogP contribution in [0.2, 0.25) is 0 Å². The first-order valence-corrected chi connectivity index (χ1v) is 4.96. The summed E-state index contributed by atoms with van der Waals surface area (Å²) in [4.78, 5) is 22.2. The molecule has 92 valence electrons. The highest BCUT2D eigenvalue weighted by molar-refractivity contribution is 5.94. The maximum absolute atomic E-state index is 11.6.